The number of ether oxygens (including phenoxy) is 1. The van der Waals surface area contributed by atoms with Gasteiger partial charge >= 0.3 is 0 Å². The average molecular weight is 235 g/mol. The van der Waals surface area contributed by atoms with Crippen molar-refractivity contribution in [1.29, 1.82) is 0 Å². The number of hydrogen-bond donors (Lipinski definition) is 0. The molecule has 0 bridgehead atoms. The number of nitrogens with zero attached hydrogens (tertiary/aromatic N) is 1. The maximum Gasteiger partial charge on any atom is 0.118 e. The van der Waals surface area contributed by atoms with E-state index in [2.05, 4.69) is 37.8 Å². The summed E-state index contributed by atoms with van der Waals surface area (Å²) in [5.41, 5.74) is 1.37. The summed E-state index contributed by atoms with van der Waals surface area (Å²) in [4.78, 5) is 2.54. The van der Waals surface area contributed by atoms with Crippen molar-refractivity contribution in [2.45, 2.75) is 39.7 Å². The first-order valence-corrected chi connectivity index (χ1v) is 6.60. The Kier molecular flexibility index (Phi) is 6.06. The molecule has 17 heavy (non-hydrogen) atoms. The SMILES string of the molecule is CCCN(CCC)C(C)c1ccc(OC)cc1. The molecule has 1 aromatic carbocycles. The molecular formula is C15H25NO. The molecule has 0 amide bonds. The monoisotopic (exact) mass is 235 g/mol. The van der Waals surface area contributed by atoms with Crippen molar-refractivity contribution in [2.75, 3.05) is 20.2 Å². The minimum Gasteiger partial charge on any atom is -0.497 e. The average Bonchev–Trinajstić information content (AvgIpc) is 2.38. The van der Waals surface area contributed by atoms with Gasteiger partial charge in [0.2, 0.25) is 0 Å². The largest absolute Gasteiger partial charge is 0.497 e. The summed E-state index contributed by atoms with van der Waals surface area (Å²) in [7, 11) is 1.71. The van der Waals surface area contributed by atoms with Crippen LogP contribution in [-0.4, -0.2) is 25.1 Å². The summed E-state index contributed by atoms with van der Waals surface area (Å²) >= 11 is 0. The van der Waals surface area contributed by atoms with Crippen LogP contribution in [0.2, 0.25) is 0 Å². The van der Waals surface area contributed by atoms with Gasteiger partial charge in [0.1, 0.15) is 5.75 Å². The van der Waals surface area contributed by atoms with Crippen LogP contribution in [0.5, 0.6) is 5.75 Å². The van der Waals surface area contributed by atoms with Gasteiger partial charge in [0.05, 0.1) is 7.11 Å². The van der Waals surface area contributed by atoms with E-state index in [0.717, 1.165) is 5.75 Å². The van der Waals surface area contributed by atoms with Crippen LogP contribution >= 0.6 is 0 Å². The van der Waals surface area contributed by atoms with Crippen LogP contribution in [0.1, 0.15) is 45.2 Å². The maximum atomic E-state index is 5.19. The maximum absolute atomic E-state index is 5.19. The first-order valence-electron chi connectivity index (χ1n) is 6.60. The Morgan fingerprint density at radius 3 is 2.00 bits per heavy atom. The number of hydrogen-bond acceptors (Lipinski definition) is 2. The van der Waals surface area contributed by atoms with Crippen LogP contribution in [0.25, 0.3) is 0 Å². The summed E-state index contributed by atoms with van der Waals surface area (Å²) in [5, 5.41) is 0. The van der Waals surface area contributed by atoms with E-state index in [9.17, 15) is 0 Å². The minimum atomic E-state index is 0.487. The highest BCUT2D eigenvalue weighted by Gasteiger charge is 2.13. The molecule has 0 aliphatic carbocycles. The van der Waals surface area contributed by atoms with Crippen LogP contribution in [0.3, 0.4) is 0 Å². The van der Waals surface area contributed by atoms with E-state index in [1.54, 1.807) is 7.11 Å². The van der Waals surface area contributed by atoms with Crippen molar-refractivity contribution >= 4 is 0 Å². The lowest BCUT2D eigenvalue weighted by Gasteiger charge is -2.28. The van der Waals surface area contributed by atoms with Gasteiger partial charge < -0.3 is 4.74 Å². The lowest BCUT2D eigenvalue weighted by atomic mass is 10.1. The molecule has 0 aliphatic rings. The Balaban J connectivity index is 2.73. The third-order valence-corrected chi connectivity index (χ3v) is 3.17. The quantitative estimate of drug-likeness (QED) is 0.711. The lowest BCUT2D eigenvalue weighted by molar-refractivity contribution is 0.211. The van der Waals surface area contributed by atoms with Crippen LogP contribution < -0.4 is 4.74 Å². The van der Waals surface area contributed by atoms with Gasteiger partial charge in [-0.2, -0.15) is 0 Å². The van der Waals surface area contributed by atoms with E-state index >= 15 is 0 Å². The molecule has 0 saturated heterocycles. The molecule has 0 N–H and O–H groups in total. The molecule has 2 nitrogen and oxygen atoms in total. The third kappa shape index (κ3) is 4.04. The third-order valence-electron chi connectivity index (χ3n) is 3.17. The second kappa shape index (κ2) is 7.33. The van der Waals surface area contributed by atoms with E-state index < -0.39 is 0 Å². The molecule has 0 heterocycles. The van der Waals surface area contributed by atoms with Gasteiger partial charge in [-0.1, -0.05) is 26.0 Å². The van der Waals surface area contributed by atoms with Gasteiger partial charge in [-0.3, -0.25) is 4.90 Å². The van der Waals surface area contributed by atoms with Crippen molar-refractivity contribution in [3.8, 4) is 5.75 Å². The fourth-order valence-electron chi connectivity index (χ4n) is 2.17. The molecule has 1 rings (SSSR count). The molecule has 0 aliphatic heterocycles. The van der Waals surface area contributed by atoms with Crippen molar-refractivity contribution in [1.82, 2.24) is 4.90 Å². The predicted molar refractivity (Wildman–Crippen MR) is 73.6 cm³/mol. The fourth-order valence-corrected chi connectivity index (χ4v) is 2.17. The van der Waals surface area contributed by atoms with Crippen molar-refractivity contribution in [2.24, 2.45) is 0 Å². The molecular weight excluding hydrogens is 210 g/mol. The Bertz CT molecular complexity index is 301. The molecule has 0 radical (unpaired) electrons. The van der Waals surface area contributed by atoms with E-state index in [1.807, 2.05) is 12.1 Å². The Labute approximate surface area is 106 Å². The summed E-state index contributed by atoms with van der Waals surface area (Å²) in [6, 6.07) is 8.91. The normalized spacial score (nSPS) is 12.8. The highest BCUT2D eigenvalue weighted by molar-refractivity contribution is 5.28. The number of methoxy groups -OCH3 is 1. The first kappa shape index (κ1) is 14.0. The molecule has 1 atom stereocenters. The summed E-state index contributed by atoms with van der Waals surface area (Å²) in [5.74, 6) is 0.929. The number of benzene rings is 1. The smallest absolute Gasteiger partial charge is 0.118 e. The zero-order valence-electron chi connectivity index (χ0n) is 11.6. The Hall–Kier alpha value is -1.02. The van der Waals surface area contributed by atoms with E-state index in [-0.39, 0.29) is 0 Å². The molecule has 0 spiro atoms. The van der Waals surface area contributed by atoms with E-state index in [1.165, 1.54) is 31.5 Å². The molecule has 2 heteroatoms. The first-order chi connectivity index (χ1) is 8.22. The zero-order valence-corrected chi connectivity index (χ0v) is 11.6. The van der Waals surface area contributed by atoms with Crippen LogP contribution in [0.15, 0.2) is 24.3 Å². The molecule has 0 aromatic heterocycles. The minimum absolute atomic E-state index is 0.487. The van der Waals surface area contributed by atoms with Gasteiger partial charge in [0, 0.05) is 6.04 Å². The van der Waals surface area contributed by atoms with E-state index in [0.29, 0.717) is 6.04 Å². The van der Waals surface area contributed by atoms with Crippen molar-refractivity contribution < 1.29 is 4.74 Å². The molecule has 1 aromatic rings. The predicted octanol–water partition coefficient (Wildman–Crippen LogP) is 3.88. The molecule has 0 fully saturated rings. The standard InChI is InChI=1S/C15H25NO/c1-5-11-16(12-6-2)13(3)14-7-9-15(17-4)10-8-14/h7-10,13H,5-6,11-12H2,1-4H3. The summed E-state index contributed by atoms with van der Waals surface area (Å²) in [6.07, 6.45) is 2.42. The van der Waals surface area contributed by atoms with Gasteiger partial charge in [-0.05, 0) is 50.6 Å². The van der Waals surface area contributed by atoms with Crippen molar-refractivity contribution in [3.63, 3.8) is 0 Å². The van der Waals surface area contributed by atoms with Crippen molar-refractivity contribution in [3.05, 3.63) is 29.8 Å². The fraction of sp³-hybridized carbons (Fsp3) is 0.600. The van der Waals surface area contributed by atoms with Gasteiger partial charge in [-0.15, -0.1) is 0 Å². The topological polar surface area (TPSA) is 12.5 Å². The van der Waals surface area contributed by atoms with Gasteiger partial charge in [0.15, 0.2) is 0 Å². The molecule has 96 valence electrons. The highest BCUT2D eigenvalue weighted by Crippen LogP contribution is 2.22. The van der Waals surface area contributed by atoms with Crippen LogP contribution in [-0.2, 0) is 0 Å². The zero-order chi connectivity index (χ0) is 12.7. The summed E-state index contributed by atoms with van der Waals surface area (Å²) in [6.45, 7) is 9.10. The second-order valence-electron chi connectivity index (χ2n) is 4.49. The number of rotatable bonds is 7. The highest BCUT2D eigenvalue weighted by atomic mass is 16.5. The summed E-state index contributed by atoms with van der Waals surface area (Å²) < 4.78 is 5.19. The van der Waals surface area contributed by atoms with E-state index in [4.69, 9.17) is 4.74 Å². The van der Waals surface area contributed by atoms with Gasteiger partial charge in [0.25, 0.3) is 0 Å². The Morgan fingerprint density at radius 2 is 1.59 bits per heavy atom. The molecule has 1 unspecified atom stereocenters. The second-order valence-corrected chi connectivity index (χ2v) is 4.49. The molecule has 0 saturated carbocycles. The van der Waals surface area contributed by atoms with Crippen LogP contribution in [0.4, 0.5) is 0 Å². The Morgan fingerprint density at radius 1 is 1.06 bits per heavy atom. The van der Waals surface area contributed by atoms with Crippen LogP contribution in [0, 0.1) is 0 Å². The van der Waals surface area contributed by atoms with Gasteiger partial charge in [-0.25, -0.2) is 0 Å². The lowest BCUT2D eigenvalue weighted by Crippen LogP contribution is -2.28.